The lowest BCUT2D eigenvalue weighted by atomic mass is 10.0. The lowest BCUT2D eigenvalue weighted by molar-refractivity contribution is -0.142. The van der Waals surface area contributed by atoms with Crippen molar-refractivity contribution in [2.45, 2.75) is 13.5 Å². The van der Waals surface area contributed by atoms with Crippen LogP contribution < -0.4 is 0 Å². The Kier molecular flexibility index (Phi) is 2.44. The summed E-state index contributed by atoms with van der Waals surface area (Å²) in [6, 6.07) is 1.53. The number of hydrogen-bond acceptors (Lipinski definition) is 4. The maximum absolute atomic E-state index is 11.4. The minimum absolute atomic E-state index is 0.0306. The third kappa shape index (κ3) is 1.79. The molecule has 2 rings (SSSR count). The summed E-state index contributed by atoms with van der Waals surface area (Å²) in [5, 5.41) is 0. The zero-order valence-corrected chi connectivity index (χ0v) is 8.57. The van der Waals surface area contributed by atoms with Gasteiger partial charge < -0.3 is 9.72 Å². The summed E-state index contributed by atoms with van der Waals surface area (Å²) in [6.45, 7) is 1.32. The first-order valence-corrected chi connectivity index (χ1v) is 4.70. The molecule has 1 aromatic rings. The molecule has 16 heavy (non-hydrogen) atoms. The van der Waals surface area contributed by atoms with Crippen LogP contribution in [-0.2, 0) is 16.1 Å². The predicted molar refractivity (Wildman–Crippen MR) is 54.1 cm³/mol. The van der Waals surface area contributed by atoms with Crippen molar-refractivity contribution in [1.29, 1.82) is 0 Å². The van der Waals surface area contributed by atoms with Crippen LogP contribution in [0.4, 0.5) is 0 Å². The van der Waals surface area contributed by atoms with Crippen molar-refractivity contribution in [2.24, 2.45) is 0 Å². The van der Waals surface area contributed by atoms with E-state index in [0.717, 1.165) is 0 Å². The zero-order chi connectivity index (χ0) is 11.7. The van der Waals surface area contributed by atoms with Crippen molar-refractivity contribution in [3.63, 3.8) is 0 Å². The Bertz CT molecular complexity index is 475. The van der Waals surface area contributed by atoms with Gasteiger partial charge in [0.25, 0.3) is 0 Å². The Labute approximate surface area is 91.1 Å². The van der Waals surface area contributed by atoms with E-state index in [9.17, 15) is 14.4 Å². The Hall–Kier alpha value is -2.17. The Balaban J connectivity index is 2.27. The minimum Gasteiger partial charge on any atom is -0.459 e. The van der Waals surface area contributed by atoms with Crippen LogP contribution in [0.25, 0.3) is 0 Å². The van der Waals surface area contributed by atoms with Crippen molar-refractivity contribution >= 4 is 17.5 Å². The fourth-order valence-electron chi connectivity index (χ4n) is 1.48. The second-order valence-electron chi connectivity index (χ2n) is 3.43. The van der Waals surface area contributed by atoms with Crippen molar-refractivity contribution in [3.05, 3.63) is 35.2 Å². The molecule has 82 valence electrons. The number of fused-ring (bicyclic) bond motifs is 1. The molecule has 0 saturated carbocycles. The molecule has 0 amide bonds. The normalized spacial score (nSPS) is 13.8. The summed E-state index contributed by atoms with van der Waals surface area (Å²) in [5.41, 5.74) is 1.12. The van der Waals surface area contributed by atoms with Crippen LogP contribution in [0.15, 0.2) is 18.2 Å². The molecule has 5 heteroatoms. The van der Waals surface area contributed by atoms with Gasteiger partial charge in [-0.3, -0.25) is 14.4 Å². The number of aromatic amines is 1. The standard InChI is InChI=1S/C11H9NO4/c1-6(13)16-5-7-4-8-9(14)2-3-10(15)11(8)12-7/h2-4,12H,5H2,1H3. The summed E-state index contributed by atoms with van der Waals surface area (Å²) < 4.78 is 4.76. The van der Waals surface area contributed by atoms with Crippen LogP contribution in [0.2, 0.25) is 0 Å². The lowest BCUT2D eigenvalue weighted by Gasteiger charge is -2.00. The van der Waals surface area contributed by atoms with E-state index in [1.807, 2.05) is 0 Å². The Morgan fingerprint density at radius 1 is 1.31 bits per heavy atom. The van der Waals surface area contributed by atoms with Gasteiger partial charge in [0.15, 0.2) is 5.78 Å². The highest BCUT2D eigenvalue weighted by Gasteiger charge is 2.22. The second kappa shape index (κ2) is 3.77. The molecular formula is C11H9NO4. The van der Waals surface area contributed by atoms with E-state index in [1.165, 1.54) is 25.1 Å². The molecule has 5 nitrogen and oxygen atoms in total. The van der Waals surface area contributed by atoms with Gasteiger partial charge in [-0.05, 0) is 18.2 Å². The first kappa shape index (κ1) is 10.4. The summed E-state index contributed by atoms with van der Waals surface area (Å²) >= 11 is 0. The SMILES string of the molecule is CC(=O)OCc1cc2c([nH]1)C(=O)C=CC2=O. The number of allylic oxidation sites excluding steroid dienone is 2. The first-order valence-electron chi connectivity index (χ1n) is 4.70. The van der Waals surface area contributed by atoms with E-state index < -0.39 is 5.97 Å². The maximum Gasteiger partial charge on any atom is 0.303 e. The van der Waals surface area contributed by atoms with Gasteiger partial charge in [-0.25, -0.2) is 0 Å². The van der Waals surface area contributed by atoms with Crippen LogP contribution in [0.3, 0.4) is 0 Å². The van der Waals surface area contributed by atoms with E-state index >= 15 is 0 Å². The smallest absolute Gasteiger partial charge is 0.303 e. The van der Waals surface area contributed by atoms with Crippen molar-refractivity contribution in [1.82, 2.24) is 4.98 Å². The summed E-state index contributed by atoms with van der Waals surface area (Å²) in [7, 11) is 0. The highest BCUT2D eigenvalue weighted by molar-refractivity contribution is 6.21. The average molecular weight is 219 g/mol. The Morgan fingerprint density at radius 2 is 2.00 bits per heavy atom. The van der Waals surface area contributed by atoms with Crippen molar-refractivity contribution in [3.8, 4) is 0 Å². The minimum atomic E-state index is -0.414. The number of ether oxygens (including phenoxy) is 1. The summed E-state index contributed by atoms with van der Waals surface area (Å²) in [6.07, 6.45) is 2.45. The predicted octanol–water partition coefficient (Wildman–Crippen LogP) is 1.01. The summed E-state index contributed by atoms with van der Waals surface area (Å²) in [4.78, 5) is 36.2. The van der Waals surface area contributed by atoms with E-state index in [4.69, 9.17) is 4.74 Å². The largest absolute Gasteiger partial charge is 0.459 e. The van der Waals surface area contributed by atoms with Gasteiger partial charge in [-0.15, -0.1) is 0 Å². The molecule has 0 bridgehead atoms. The quantitative estimate of drug-likeness (QED) is 0.753. The van der Waals surface area contributed by atoms with Gasteiger partial charge in [0.1, 0.15) is 6.61 Å². The number of H-pyrrole nitrogens is 1. The molecule has 1 aliphatic rings. The first-order chi connectivity index (χ1) is 7.58. The number of carbonyl (C=O) groups is 3. The maximum atomic E-state index is 11.4. The molecule has 1 heterocycles. The fourth-order valence-corrected chi connectivity index (χ4v) is 1.48. The molecule has 0 spiro atoms. The molecule has 0 fully saturated rings. The molecule has 1 aliphatic carbocycles. The number of esters is 1. The molecular weight excluding hydrogens is 210 g/mol. The van der Waals surface area contributed by atoms with Crippen LogP contribution in [0.5, 0.6) is 0 Å². The number of aromatic nitrogens is 1. The number of nitrogens with one attached hydrogen (secondary N) is 1. The number of hydrogen-bond donors (Lipinski definition) is 1. The highest BCUT2D eigenvalue weighted by Crippen LogP contribution is 2.18. The van der Waals surface area contributed by atoms with E-state index in [-0.39, 0.29) is 23.9 Å². The molecule has 1 aromatic heterocycles. The Morgan fingerprint density at radius 3 is 2.62 bits per heavy atom. The molecule has 0 aromatic carbocycles. The topological polar surface area (TPSA) is 76.2 Å². The van der Waals surface area contributed by atoms with Crippen LogP contribution >= 0.6 is 0 Å². The van der Waals surface area contributed by atoms with Gasteiger partial charge in [0.05, 0.1) is 17.0 Å². The van der Waals surface area contributed by atoms with Crippen LogP contribution in [0, 0.1) is 0 Å². The van der Waals surface area contributed by atoms with Crippen molar-refractivity contribution < 1.29 is 19.1 Å². The molecule has 0 saturated heterocycles. The average Bonchev–Trinajstić information content (AvgIpc) is 2.66. The van der Waals surface area contributed by atoms with Gasteiger partial charge in [-0.2, -0.15) is 0 Å². The van der Waals surface area contributed by atoms with E-state index in [2.05, 4.69) is 4.98 Å². The zero-order valence-electron chi connectivity index (χ0n) is 8.57. The molecule has 1 N–H and O–H groups in total. The third-order valence-electron chi connectivity index (χ3n) is 2.20. The van der Waals surface area contributed by atoms with Crippen LogP contribution in [0.1, 0.15) is 33.5 Å². The molecule has 0 atom stereocenters. The van der Waals surface area contributed by atoms with Crippen molar-refractivity contribution in [2.75, 3.05) is 0 Å². The van der Waals surface area contributed by atoms with Gasteiger partial charge >= 0.3 is 5.97 Å². The van der Waals surface area contributed by atoms with E-state index in [0.29, 0.717) is 11.3 Å². The van der Waals surface area contributed by atoms with Gasteiger partial charge in [0.2, 0.25) is 5.78 Å². The monoisotopic (exact) mass is 219 g/mol. The highest BCUT2D eigenvalue weighted by atomic mass is 16.5. The molecule has 0 unspecified atom stereocenters. The lowest BCUT2D eigenvalue weighted by Crippen LogP contribution is -2.09. The second-order valence-corrected chi connectivity index (χ2v) is 3.43. The summed E-state index contributed by atoms with van der Waals surface area (Å²) in [5.74, 6) is -0.882. The van der Waals surface area contributed by atoms with Gasteiger partial charge in [-0.1, -0.05) is 0 Å². The number of ketones is 2. The number of rotatable bonds is 2. The number of carbonyl (C=O) groups excluding carboxylic acids is 3. The third-order valence-corrected chi connectivity index (χ3v) is 2.20. The molecule has 0 aliphatic heterocycles. The van der Waals surface area contributed by atoms with Gasteiger partial charge in [0, 0.05) is 6.92 Å². The van der Waals surface area contributed by atoms with E-state index in [1.54, 1.807) is 0 Å². The van der Waals surface area contributed by atoms with Crippen LogP contribution in [-0.4, -0.2) is 22.5 Å². The fraction of sp³-hybridized carbons (Fsp3) is 0.182. The molecule has 0 radical (unpaired) electrons.